The van der Waals surface area contributed by atoms with Crippen molar-refractivity contribution >= 4 is 38.9 Å². The Morgan fingerprint density at radius 3 is 2.64 bits per heavy atom. The molecule has 1 unspecified atom stereocenters. The molecule has 0 radical (unpaired) electrons. The summed E-state index contributed by atoms with van der Waals surface area (Å²) in [5.41, 5.74) is 1.05. The molecular formula is C17H22BrN5O2. The van der Waals surface area contributed by atoms with Crippen molar-refractivity contribution in [3.05, 3.63) is 23.1 Å². The third-order valence-corrected chi connectivity index (χ3v) is 4.71. The fourth-order valence-corrected chi connectivity index (χ4v) is 3.27. The number of likely N-dealkylation sites (N-methyl/N-ethyl adjacent to an activating group) is 1. The molecule has 1 saturated heterocycles. The highest BCUT2D eigenvalue weighted by Gasteiger charge is 2.32. The van der Waals surface area contributed by atoms with Gasteiger partial charge in [0.15, 0.2) is 5.82 Å². The molecule has 8 heteroatoms. The van der Waals surface area contributed by atoms with Gasteiger partial charge in [0.2, 0.25) is 0 Å². The van der Waals surface area contributed by atoms with Crippen LogP contribution in [0.1, 0.15) is 27.2 Å². The maximum Gasteiger partial charge on any atom is 0.410 e. The maximum absolute atomic E-state index is 12.3. The predicted molar refractivity (Wildman–Crippen MR) is 99.6 cm³/mol. The second kappa shape index (κ2) is 6.74. The molecule has 0 aromatic carbocycles. The van der Waals surface area contributed by atoms with Crippen molar-refractivity contribution in [2.45, 2.75) is 38.8 Å². The number of amides is 1. The molecule has 3 rings (SSSR count). The lowest BCUT2D eigenvalue weighted by molar-refractivity contribution is 0.0238. The molecule has 0 spiro atoms. The second-order valence-corrected chi connectivity index (χ2v) is 8.02. The zero-order valence-corrected chi connectivity index (χ0v) is 16.4. The van der Waals surface area contributed by atoms with Crippen LogP contribution >= 0.6 is 15.9 Å². The molecule has 1 fully saturated rings. The molecule has 0 N–H and O–H groups in total. The van der Waals surface area contributed by atoms with Gasteiger partial charge in [-0.3, -0.25) is 4.98 Å². The van der Waals surface area contributed by atoms with Gasteiger partial charge in [-0.25, -0.2) is 14.8 Å². The lowest BCUT2D eigenvalue weighted by atomic mass is 10.2. The third-order valence-electron chi connectivity index (χ3n) is 4.13. The summed E-state index contributed by atoms with van der Waals surface area (Å²) in [6.45, 7) is 7.11. The summed E-state index contributed by atoms with van der Waals surface area (Å²) in [5.74, 6) is 0.798. The molecule has 0 saturated carbocycles. The molecule has 134 valence electrons. The molecule has 3 heterocycles. The molecule has 2 aromatic rings. The third kappa shape index (κ3) is 3.84. The summed E-state index contributed by atoms with van der Waals surface area (Å²) in [5, 5.41) is 0. The van der Waals surface area contributed by atoms with Crippen LogP contribution in [0.15, 0.2) is 23.1 Å². The Morgan fingerprint density at radius 2 is 1.96 bits per heavy atom. The summed E-state index contributed by atoms with van der Waals surface area (Å²) in [6.07, 6.45) is 5.64. The van der Waals surface area contributed by atoms with Crippen molar-refractivity contribution in [3.63, 3.8) is 0 Å². The first-order valence-corrected chi connectivity index (χ1v) is 9.01. The van der Waals surface area contributed by atoms with E-state index in [1.54, 1.807) is 30.5 Å². The van der Waals surface area contributed by atoms with E-state index in [1.807, 2.05) is 20.8 Å². The lowest BCUT2D eigenvalue weighted by Crippen LogP contribution is -2.42. The second-order valence-electron chi connectivity index (χ2n) is 7.16. The van der Waals surface area contributed by atoms with E-state index in [4.69, 9.17) is 4.74 Å². The number of fused-ring (bicyclic) bond motifs is 1. The highest BCUT2D eigenvalue weighted by molar-refractivity contribution is 9.10. The van der Waals surface area contributed by atoms with Crippen LogP contribution in [-0.2, 0) is 4.74 Å². The average molecular weight is 408 g/mol. The Hall–Kier alpha value is -1.96. The number of carbonyl (C=O) groups is 1. The van der Waals surface area contributed by atoms with E-state index in [2.05, 4.69) is 35.8 Å². The summed E-state index contributed by atoms with van der Waals surface area (Å²) < 4.78 is 6.28. The van der Waals surface area contributed by atoms with E-state index in [9.17, 15) is 4.79 Å². The minimum Gasteiger partial charge on any atom is -0.444 e. The van der Waals surface area contributed by atoms with Gasteiger partial charge in [-0.05, 0) is 43.1 Å². The topological polar surface area (TPSA) is 71.5 Å². The highest BCUT2D eigenvalue weighted by atomic mass is 79.9. The predicted octanol–water partition coefficient (Wildman–Crippen LogP) is 3.23. The Morgan fingerprint density at radius 1 is 1.28 bits per heavy atom. The van der Waals surface area contributed by atoms with Crippen LogP contribution < -0.4 is 4.90 Å². The number of aromatic nitrogens is 3. The molecule has 7 nitrogen and oxygen atoms in total. The number of nitrogens with zero attached hydrogens (tertiary/aromatic N) is 5. The van der Waals surface area contributed by atoms with E-state index in [0.29, 0.717) is 6.54 Å². The number of hydrogen-bond acceptors (Lipinski definition) is 6. The monoisotopic (exact) mass is 407 g/mol. The minimum atomic E-state index is -0.497. The zero-order valence-electron chi connectivity index (χ0n) is 14.9. The first-order chi connectivity index (χ1) is 11.8. The van der Waals surface area contributed by atoms with Crippen LogP contribution in [0.2, 0.25) is 0 Å². The van der Waals surface area contributed by atoms with Gasteiger partial charge >= 0.3 is 6.09 Å². The maximum atomic E-state index is 12.3. The highest BCUT2D eigenvalue weighted by Crippen LogP contribution is 2.30. The summed E-state index contributed by atoms with van der Waals surface area (Å²) >= 11 is 3.47. The number of anilines is 1. The van der Waals surface area contributed by atoms with E-state index in [1.165, 1.54) is 0 Å². The molecule has 1 amide bonds. The van der Waals surface area contributed by atoms with Crippen molar-refractivity contribution in [3.8, 4) is 0 Å². The van der Waals surface area contributed by atoms with Gasteiger partial charge < -0.3 is 14.5 Å². The van der Waals surface area contributed by atoms with Crippen LogP contribution in [0.4, 0.5) is 10.6 Å². The number of rotatable bonds is 2. The summed E-state index contributed by atoms with van der Waals surface area (Å²) in [7, 11) is 1.79. The van der Waals surface area contributed by atoms with Gasteiger partial charge in [0.05, 0.1) is 10.5 Å². The van der Waals surface area contributed by atoms with E-state index >= 15 is 0 Å². The van der Waals surface area contributed by atoms with Gasteiger partial charge in [-0.15, -0.1) is 0 Å². The van der Waals surface area contributed by atoms with Crippen molar-refractivity contribution in [1.82, 2.24) is 19.9 Å². The van der Waals surface area contributed by atoms with Crippen LogP contribution in [0.25, 0.3) is 11.0 Å². The molecular weight excluding hydrogens is 386 g/mol. The summed E-state index contributed by atoms with van der Waals surface area (Å²) in [6, 6.07) is 0.0759. The Bertz CT molecular complexity index is 792. The Kier molecular flexibility index (Phi) is 4.81. The van der Waals surface area contributed by atoms with Crippen LogP contribution in [0.5, 0.6) is 0 Å². The number of hydrogen-bond donors (Lipinski definition) is 0. The first-order valence-electron chi connectivity index (χ1n) is 8.22. The minimum absolute atomic E-state index is 0.0759. The van der Waals surface area contributed by atoms with Crippen molar-refractivity contribution in [2.24, 2.45) is 0 Å². The Labute approximate surface area is 155 Å². The van der Waals surface area contributed by atoms with Crippen molar-refractivity contribution in [1.29, 1.82) is 0 Å². The quantitative estimate of drug-likeness (QED) is 0.760. The van der Waals surface area contributed by atoms with E-state index in [-0.39, 0.29) is 12.1 Å². The fourth-order valence-electron chi connectivity index (χ4n) is 2.88. The normalized spacial score (nSPS) is 17.8. The average Bonchev–Trinajstić information content (AvgIpc) is 3.03. The Balaban J connectivity index is 1.78. The molecule has 1 aliphatic rings. The van der Waals surface area contributed by atoms with Gasteiger partial charge in [0, 0.05) is 38.7 Å². The van der Waals surface area contributed by atoms with Gasteiger partial charge in [-0.1, -0.05) is 0 Å². The largest absolute Gasteiger partial charge is 0.444 e. The number of halogens is 1. The van der Waals surface area contributed by atoms with Gasteiger partial charge in [-0.2, -0.15) is 0 Å². The van der Waals surface area contributed by atoms with Gasteiger partial charge in [0.1, 0.15) is 16.6 Å². The van der Waals surface area contributed by atoms with Crippen molar-refractivity contribution in [2.75, 3.05) is 25.0 Å². The van der Waals surface area contributed by atoms with Crippen LogP contribution in [0, 0.1) is 0 Å². The number of pyridine rings is 1. The molecule has 1 aliphatic heterocycles. The smallest absolute Gasteiger partial charge is 0.410 e. The molecule has 0 aliphatic carbocycles. The van der Waals surface area contributed by atoms with Crippen LogP contribution in [-0.4, -0.2) is 57.7 Å². The van der Waals surface area contributed by atoms with E-state index < -0.39 is 5.60 Å². The van der Waals surface area contributed by atoms with Crippen LogP contribution in [0.3, 0.4) is 0 Å². The molecule has 0 bridgehead atoms. The van der Waals surface area contributed by atoms with Crippen molar-refractivity contribution < 1.29 is 9.53 Å². The van der Waals surface area contributed by atoms with E-state index in [0.717, 1.165) is 34.3 Å². The number of ether oxygens (including phenoxy) is 1. The first kappa shape index (κ1) is 17.8. The summed E-state index contributed by atoms with van der Waals surface area (Å²) in [4.78, 5) is 29.5. The zero-order chi connectivity index (χ0) is 18.2. The lowest BCUT2D eigenvalue weighted by Gasteiger charge is -2.28. The standard InChI is InChI=1S/C17H22BrN5O2/c1-17(2,3)25-16(24)22(4)11-5-8-23(10-11)15-14-13(12(18)9-21-15)19-6-7-20-14/h6-7,9,11H,5,8,10H2,1-4H3. The molecule has 2 aromatic heterocycles. The number of carbonyl (C=O) groups excluding carboxylic acids is 1. The van der Waals surface area contributed by atoms with Gasteiger partial charge in [0.25, 0.3) is 0 Å². The molecule has 25 heavy (non-hydrogen) atoms. The fraction of sp³-hybridized carbons (Fsp3) is 0.529. The SMILES string of the molecule is CN(C(=O)OC(C)(C)C)C1CCN(c2ncc(Br)c3nccnc23)C1. The molecule has 1 atom stereocenters.